The van der Waals surface area contributed by atoms with Crippen molar-refractivity contribution in [3.05, 3.63) is 0 Å². The van der Waals surface area contributed by atoms with Gasteiger partial charge in [0.05, 0.1) is 32.3 Å². The van der Waals surface area contributed by atoms with Crippen LogP contribution in [0.25, 0.3) is 0 Å². The quantitative estimate of drug-likeness (QED) is 0.379. The number of carbonyl (C=O) groups excluding carboxylic acids is 3. The zero-order valence-corrected chi connectivity index (χ0v) is 11.2. The van der Waals surface area contributed by atoms with Crippen molar-refractivity contribution in [2.24, 2.45) is 0 Å². The van der Waals surface area contributed by atoms with Crippen molar-refractivity contribution in [2.45, 2.75) is 19.4 Å². The van der Waals surface area contributed by atoms with E-state index in [4.69, 9.17) is 9.84 Å². The summed E-state index contributed by atoms with van der Waals surface area (Å²) in [5.74, 6) is -1.13. The Bertz CT molecular complexity index is 309. The smallest absolute Gasteiger partial charge is 0.239 e. The topological polar surface area (TPSA) is 117 Å². The molecule has 0 aromatic carbocycles. The number of hydrogen-bond acceptors (Lipinski definition) is 5. The van der Waals surface area contributed by atoms with Crippen LogP contribution in [-0.4, -0.2) is 62.3 Å². The molecule has 1 unspecified atom stereocenters. The minimum atomic E-state index is -0.505. The molecule has 0 saturated carbocycles. The number of nitrogens with one attached hydrogen (secondary N) is 3. The van der Waals surface area contributed by atoms with E-state index in [-0.39, 0.29) is 32.2 Å². The van der Waals surface area contributed by atoms with Crippen molar-refractivity contribution >= 4 is 17.7 Å². The molecule has 1 atom stereocenters. The minimum Gasteiger partial charge on any atom is -0.394 e. The second kappa shape index (κ2) is 10.3. The zero-order chi connectivity index (χ0) is 14.7. The van der Waals surface area contributed by atoms with E-state index >= 15 is 0 Å². The molecular weight excluding hydrogens is 254 g/mol. The van der Waals surface area contributed by atoms with Crippen LogP contribution in [0.4, 0.5) is 0 Å². The first kappa shape index (κ1) is 17.3. The Morgan fingerprint density at radius 1 is 1.11 bits per heavy atom. The van der Waals surface area contributed by atoms with Crippen LogP contribution < -0.4 is 16.0 Å². The number of ether oxygens (including phenoxy) is 1. The van der Waals surface area contributed by atoms with Crippen LogP contribution in [0, 0.1) is 0 Å². The molecule has 0 heterocycles. The van der Waals surface area contributed by atoms with Gasteiger partial charge in [-0.3, -0.25) is 14.4 Å². The highest BCUT2D eigenvalue weighted by atomic mass is 16.5. The normalized spacial score (nSPS) is 11.5. The molecule has 0 aromatic rings. The summed E-state index contributed by atoms with van der Waals surface area (Å²) in [6, 6.07) is -0.505. The number of methoxy groups -OCH3 is 1. The molecule has 0 aliphatic heterocycles. The average molecular weight is 275 g/mol. The molecule has 0 radical (unpaired) electrons. The Morgan fingerprint density at radius 2 is 1.68 bits per heavy atom. The highest BCUT2D eigenvalue weighted by molar-refractivity contribution is 5.88. The molecule has 0 saturated heterocycles. The molecule has 0 aliphatic carbocycles. The van der Waals surface area contributed by atoms with E-state index < -0.39 is 17.9 Å². The Morgan fingerprint density at radius 3 is 2.21 bits per heavy atom. The molecule has 110 valence electrons. The lowest BCUT2D eigenvalue weighted by Crippen LogP contribution is -2.46. The first-order valence-electron chi connectivity index (χ1n) is 5.96. The molecule has 8 heteroatoms. The SMILES string of the molecule is CCC(=O)NCC(=O)NCC(=O)NC(CO)COC. The van der Waals surface area contributed by atoms with Gasteiger partial charge in [0.2, 0.25) is 17.7 Å². The highest BCUT2D eigenvalue weighted by Gasteiger charge is 2.12. The van der Waals surface area contributed by atoms with Gasteiger partial charge in [-0.15, -0.1) is 0 Å². The molecule has 4 N–H and O–H groups in total. The largest absolute Gasteiger partial charge is 0.394 e. The molecule has 0 aromatic heterocycles. The highest BCUT2D eigenvalue weighted by Crippen LogP contribution is 1.83. The molecule has 0 aliphatic rings. The molecular formula is C11H21N3O5. The van der Waals surface area contributed by atoms with Crippen LogP contribution in [0.3, 0.4) is 0 Å². The van der Waals surface area contributed by atoms with Crippen molar-refractivity contribution in [3.63, 3.8) is 0 Å². The lowest BCUT2D eigenvalue weighted by molar-refractivity contribution is -0.128. The van der Waals surface area contributed by atoms with Crippen LogP contribution in [0.1, 0.15) is 13.3 Å². The van der Waals surface area contributed by atoms with Crippen molar-refractivity contribution < 1.29 is 24.2 Å². The summed E-state index contributed by atoms with van der Waals surface area (Å²) in [6.07, 6.45) is 0.295. The predicted molar refractivity (Wildman–Crippen MR) is 67.2 cm³/mol. The van der Waals surface area contributed by atoms with Gasteiger partial charge in [0.1, 0.15) is 0 Å². The minimum absolute atomic E-state index is 0.165. The molecule has 0 bridgehead atoms. The van der Waals surface area contributed by atoms with Gasteiger partial charge in [-0.05, 0) is 0 Å². The van der Waals surface area contributed by atoms with E-state index in [2.05, 4.69) is 16.0 Å². The van der Waals surface area contributed by atoms with Crippen LogP contribution in [-0.2, 0) is 19.1 Å². The van der Waals surface area contributed by atoms with Crippen LogP contribution in [0.5, 0.6) is 0 Å². The van der Waals surface area contributed by atoms with E-state index in [9.17, 15) is 14.4 Å². The lowest BCUT2D eigenvalue weighted by Gasteiger charge is -2.15. The van der Waals surface area contributed by atoms with Crippen molar-refractivity contribution in [1.29, 1.82) is 0 Å². The Balaban J connectivity index is 3.82. The molecule has 8 nitrogen and oxygen atoms in total. The number of rotatable bonds is 9. The van der Waals surface area contributed by atoms with Crippen LogP contribution in [0.2, 0.25) is 0 Å². The summed E-state index contributed by atoms with van der Waals surface area (Å²) in [4.78, 5) is 33.6. The fourth-order valence-corrected chi connectivity index (χ4v) is 1.17. The lowest BCUT2D eigenvalue weighted by atomic mass is 10.3. The van der Waals surface area contributed by atoms with E-state index in [0.717, 1.165) is 0 Å². The number of amides is 3. The van der Waals surface area contributed by atoms with Gasteiger partial charge in [0.25, 0.3) is 0 Å². The van der Waals surface area contributed by atoms with Gasteiger partial charge < -0.3 is 25.8 Å². The average Bonchev–Trinajstić information content (AvgIpc) is 2.41. The molecule has 0 spiro atoms. The fourth-order valence-electron chi connectivity index (χ4n) is 1.17. The van der Waals surface area contributed by atoms with Crippen molar-refractivity contribution in [2.75, 3.05) is 33.4 Å². The third kappa shape index (κ3) is 8.97. The maximum Gasteiger partial charge on any atom is 0.239 e. The second-order valence-electron chi connectivity index (χ2n) is 3.81. The molecule has 0 rings (SSSR count). The monoisotopic (exact) mass is 275 g/mol. The third-order valence-electron chi connectivity index (χ3n) is 2.17. The summed E-state index contributed by atoms with van der Waals surface area (Å²) in [5, 5.41) is 16.1. The van der Waals surface area contributed by atoms with Crippen LogP contribution in [0.15, 0.2) is 0 Å². The first-order valence-corrected chi connectivity index (χ1v) is 5.96. The van der Waals surface area contributed by atoms with E-state index in [1.54, 1.807) is 6.92 Å². The van der Waals surface area contributed by atoms with Gasteiger partial charge in [-0.2, -0.15) is 0 Å². The maximum atomic E-state index is 11.4. The molecule has 19 heavy (non-hydrogen) atoms. The van der Waals surface area contributed by atoms with Crippen molar-refractivity contribution in [3.8, 4) is 0 Å². The van der Waals surface area contributed by atoms with E-state index in [1.807, 2.05) is 0 Å². The summed E-state index contributed by atoms with van der Waals surface area (Å²) >= 11 is 0. The number of hydrogen-bond donors (Lipinski definition) is 4. The van der Waals surface area contributed by atoms with Crippen LogP contribution >= 0.6 is 0 Å². The van der Waals surface area contributed by atoms with Gasteiger partial charge in [0, 0.05) is 13.5 Å². The van der Waals surface area contributed by atoms with Gasteiger partial charge in [-0.25, -0.2) is 0 Å². The summed E-state index contributed by atoms with van der Waals surface area (Å²) in [7, 11) is 1.45. The standard InChI is InChI=1S/C11H21N3O5/c1-3-9(16)12-4-10(17)13-5-11(18)14-8(6-15)7-19-2/h8,15H,3-7H2,1-2H3,(H,12,16)(H,13,17)(H,14,18). The summed E-state index contributed by atoms with van der Waals surface area (Å²) in [6.45, 7) is 1.22. The van der Waals surface area contributed by atoms with E-state index in [1.165, 1.54) is 7.11 Å². The maximum absolute atomic E-state index is 11.4. The first-order chi connectivity index (χ1) is 9.03. The zero-order valence-electron chi connectivity index (χ0n) is 11.2. The second-order valence-corrected chi connectivity index (χ2v) is 3.81. The molecule has 0 fully saturated rings. The van der Waals surface area contributed by atoms with Crippen molar-refractivity contribution in [1.82, 2.24) is 16.0 Å². The third-order valence-corrected chi connectivity index (χ3v) is 2.17. The number of aliphatic hydroxyl groups is 1. The fraction of sp³-hybridized carbons (Fsp3) is 0.727. The summed E-state index contributed by atoms with van der Waals surface area (Å²) in [5.41, 5.74) is 0. The molecule has 3 amide bonds. The van der Waals surface area contributed by atoms with E-state index in [0.29, 0.717) is 6.42 Å². The Labute approximate surface area is 111 Å². The van der Waals surface area contributed by atoms with Gasteiger partial charge in [-0.1, -0.05) is 6.92 Å². The number of carbonyl (C=O) groups is 3. The Hall–Kier alpha value is -1.67. The van der Waals surface area contributed by atoms with Gasteiger partial charge >= 0.3 is 0 Å². The summed E-state index contributed by atoms with van der Waals surface area (Å²) < 4.78 is 4.79. The predicted octanol–water partition coefficient (Wildman–Crippen LogP) is -2.25. The Kier molecular flexibility index (Phi) is 9.37. The number of aliphatic hydroxyl groups excluding tert-OH is 1. The van der Waals surface area contributed by atoms with Gasteiger partial charge in [0.15, 0.2) is 0 Å².